The van der Waals surface area contributed by atoms with Crippen molar-refractivity contribution < 1.29 is 32.3 Å². The zero-order chi connectivity index (χ0) is 28.9. The van der Waals surface area contributed by atoms with Gasteiger partial charge in [0.25, 0.3) is 0 Å². The highest BCUT2D eigenvalue weighted by atomic mass is 19.1. The molecule has 1 aromatic heterocycles. The number of fused-ring (bicyclic) bond motifs is 1. The summed E-state index contributed by atoms with van der Waals surface area (Å²) in [6.45, 7) is 1.59. The van der Waals surface area contributed by atoms with Gasteiger partial charge in [-0.3, -0.25) is 15.0 Å². The van der Waals surface area contributed by atoms with Crippen LogP contribution in [0.25, 0.3) is 10.9 Å². The lowest BCUT2D eigenvalue weighted by atomic mass is 9.73. The molecule has 2 heterocycles. The predicted octanol–water partition coefficient (Wildman–Crippen LogP) is 5.13. The monoisotopic (exact) mass is 562 g/mol. The number of nitrogens with two attached hydrogens (primary N) is 1. The normalized spacial score (nSPS) is 16.2. The van der Waals surface area contributed by atoms with E-state index in [4.69, 9.17) is 10.5 Å². The fourth-order valence-corrected chi connectivity index (χ4v) is 5.64. The zero-order valence-corrected chi connectivity index (χ0v) is 22.4. The minimum Gasteiger partial charge on any atom is -0.497 e. The van der Waals surface area contributed by atoms with E-state index in [0.29, 0.717) is 78.8 Å². The van der Waals surface area contributed by atoms with Crippen molar-refractivity contribution in [3.8, 4) is 5.75 Å². The fraction of sp³-hybridized carbons (Fsp3) is 0.448. The predicted molar refractivity (Wildman–Crippen MR) is 142 cm³/mol. The van der Waals surface area contributed by atoms with Gasteiger partial charge in [0.1, 0.15) is 29.4 Å². The summed E-state index contributed by atoms with van der Waals surface area (Å²) >= 11 is 0. The number of carbonyl (C=O) groups excluding carboxylic acids is 1. The molecule has 11 heteroatoms. The number of hydroxylamine groups is 1. The Balaban J connectivity index is 1.42. The molecule has 1 atom stereocenters. The first-order chi connectivity index (χ1) is 19.2. The molecular formula is C29H34F4N4O3. The summed E-state index contributed by atoms with van der Waals surface area (Å²) in [7, 11) is 1.52. The number of nitrogens with zero attached hydrogens (tertiary/aromatic N) is 2. The second-order valence-electron chi connectivity index (χ2n) is 10.3. The van der Waals surface area contributed by atoms with Crippen molar-refractivity contribution >= 4 is 16.8 Å². The molecule has 40 heavy (non-hydrogen) atoms. The van der Waals surface area contributed by atoms with Gasteiger partial charge in [0.05, 0.1) is 18.0 Å². The van der Waals surface area contributed by atoms with E-state index in [0.717, 1.165) is 0 Å². The Bertz CT molecular complexity index is 1320. The van der Waals surface area contributed by atoms with Crippen molar-refractivity contribution in [1.29, 1.82) is 0 Å². The van der Waals surface area contributed by atoms with E-state index >= 15 is 4.39 Å². The van der Waals surface area contributed by atoms with Crippen LogP contribution in [-0.2, 0) is 17.8 Å². The van der Waals surface area contributed by atoms with Crippen molar-refractivity contribution in [1.82, 2.24) is 15.4 Å². The molecule has 1 fully saturated rings. The van der Waals surface area contributed by atoms with Gasteiger partial charge in [0, 0.05) is 41.4 Å². The highest BCUT2D eigenvalue weighted by molar-refractivity contribution is 5.85. The summed E-state index contributed by atoms with van der Waals surface area (Å²) in [4.78, 5) is 19.2. The average Bonchev–Trinajstić information content (AvgIpc) is 2.96. The number of carbonyl (C=O) groups is 1. The van der Waals surface area contributed by atoms with Crippen molar-refractivity contribution in [3.63, 3.8) is 0 Å². The lowest BCUT2D eigenvalue weighted by molar-refractivity contribution is -0.143. The van der Waals surface area contributed by atoms with E-state index < -0.39 is 34.9 Å². The second kappa shape index (κ2) is 12.9. The molecule has 1 amide bonds. The van der Waals surface area contributed by atoms with Gasteiger partial charge in [0.15, 0.2) is 0 Å². The van der Waals surface area contributed by atoms with Crippen molar-refractivity contribution in [2.24, 2.45) is 11.1 Å². The van der Waals surface area contributed by atoms with Gasteiger partial charge in [-0.2, -0.15) is 0 Å². The standard InChI is InChI=1S/C29H34F4N4O3/c1-40-20-4-5-26-22(15-20)27(18(16-34)17-35-26)23(31)6-7-29(28(38)36-39)8-11-37(12-9-29)10-2-3-21-24(32)13-19(30)14-25(21)33/h4-5,13-15,17,23,39H,2-3,6-12,16,34H2,1H3,(H,36,38)/t23-/m1/s1. The molecule has 0 aliphatic carbocycles. The molecule has 1 aliphatic rings. The zero-order valence-electron chi connectivity index (χ0n) is 22.4. The average molecular weight is 563 g/mol. The van der Waals surface area contributed by atoms with E-state index in [1.807, 2.05) is 0 Å². The van der Waals surface area contributed by atoms with Gasteiger partial charge < -0.3 is 15.4 Å². The van der Waals surface area contributed by atoms with Crippen LogP contribution in [0.2, 0.25) is 0 Å². The van der Waals surface area contributed by atoms with Crippen LogP contribution in [0.5, 0.6) is 5.75 Å². The number of piperidine rings is 1. The Morgan fingerprint density at radius 3 is 2.52 bits per heavy atom. The number of hydrogen-bond donors (Lipinski definition) is 3. The van der Waals surface area contributed by atoms with Crippen LogP contribution in [0.4, 0.5) is 17.6 Å². The van der Waals surface area contributed by atoms with Crippen molar-refractivity contribution in [2.45, 2.75) is 51.2 Å². The summed E-state index contributed by atoms with van der Waals surface area (Å²) in [5.74, 6) is -2.78. The Morgan fingerprint density at radius 2 is 1.90 bits per heavy atom. The number of rotatable bonds is 11. The number of halogens is 4. The largest absolute Gasteiger partial charge is 0.497 e. The molecule has 2 aromatic carbocycles. The number of alkyl halides is 1. The summed E-state index contributed by atoms with van der Waals surface area (Å²) in [6, 6.07) is 6.55. The van der Waals surface area contributed by atoms with Crippen LogP contribution in [0.15, 0.2) is 36.5 Å². The smallest absolute Gasteiger partial charge is 0.249 e. The van der Waals surface area contributed by atoms with E-state index in [9.17, 15) is 23.2 Å². The maximum absolute atomic E-state index is 15.9. The Labute approximate surface area is 230 Å². The minimum atomic E-state index is -1.43. The van der Waals surface area contributed by atoms with E-state index in [1.165, 1.54) is 7.11 Å². The molecule has 1 saturated heterocycles. The van der Waals surface area contributed by atoms with Crippen LogP contribution in [-0.4, -0.2) is 47.7 Å². The topological polar surface area (TPSA) is 101 Å². The molecule has 7 nitrogen and oxygen atoms in total. The molecule has 1 aliphatic heterocycles. The third-order valence-electron chi connectivity index (χ3n) is 8.01. The summed E-state index contributed by atoms with van der Waals surface area (Å²) in [5, 5.41) is 10.1. The highest BCUT2D eigenvalue weighted by Crippen LogP contribution is 2.41. The number of nitrogens with one attached hydrogen (secondary N) is 1. The van der Waals surface area contributed by atoms with E-state index in [-0.39, 0.29) is 31.4 Å². The lowest BCUT2D eigenvalue weighted by Crippen LogP contribution is -2.48. The van der Waals surface area contributed by atoms with Crippen LogP contribution in [0.3, 0.4) is 0 Å². The molecule has 0 bridgehead atoms. The molecular weight excluding hydrogens is 528 g/mol. The molecule has 0 radical (unpaired) electrons. The molecule has 4 rings (SSSR count). The first-order valence-electron chi connectivity index (χ1n) is 13.3. The molecule has 3 aromatic rings. The number of likely N-dealkylation sites (tertiary alicyclic amines) is 1. The quantitative estimate of drug-likeness (QED) is 0.170. The van der Waals surface area contributed by atoms with Gasteiger partial charge in [-0.15, -0.1) is 0 Å². The van der Waals surface area contributed by atoms with Crippen LogP contribution < -0.4 is 16.0 Å². The molecule has 0 saturated carbocycles. The number of aromatic nitrogens is 1. The first kappa shape index (κ1) is 29.7. The van der Waals surface area contributed by atoms with Crippen LogP contribution >= 0.6 is 0 Å². The molecule has 4 N–H and O–H groups in total. The molecule has 0 spiro atoms. The van der Waals surface area contributed by atoms with Crippen LogP contribution in [0.1, 0.15) is 55.0 Å². The highest BCUT2D eigenvalue weighted by Gasteiger charge is 2.41. The number of methoxy groups -OCH3 is 1. The maximum atomic E-state index is 15.9. The molecule has 216 valence electrons. The number of amides is 1. The van der Waals surface area contributed by atoms with Gasteiger partial charge >= 0.3 is 0 Å². The van der Waals surface area contributed by atoms with Crippen molar-refractivity contribution in [3.05, 3.63) is 70.7 Å². The second-order valence-corrected chi connectivity index (χ2v) is 10.3. The molecule has 0 unspecified atom stereocenters. The number of hydrogen-bond acceptors (Lipinski definition) is 6. The Morgan fingerprint density at radius 1 is 1.20 bits per heavy atom. The van der Waals surface area contributed by atoms with E-state index in [2.05, 4.69) is 9.88 Å². The summed E-state index contributed by atoms with van der Waals surface area (Å²) in [5.41, 5.74) is 8.12. The van der Waals surface area contributed by atoms with Gasteiger partial charge in [0.2, 0.25) is 5.91 Å². The minimum absolute atomic E-state index is 0.0276. The van der Waals surface area contributed by atoms with E-state index in [1.54, 1.807) is 29.9 Å². The van der Waals surface area contributed by atoms with Gasteiger partial charge in [-0.1, -0.05) is 0 Å². The third kappa shape index (κ3) is 6.37. The summed E-state index contributed by atoms with van der Waals surface area (Å²) < 4.78 is 62.3. The Kier molecular flexibility index (Phi) is 9.60. The number of pyridine rings is 1. The number of benzene rings is 2. The summed E-state index contributed by atoms with van der Waals surface area (Å²) in [6.07, 6.45) is 1.64. The van der Waals surface area contributed by atoms with Gasteiger partial charge in [-0.25, -0.2) is 23.0 Å². The van der Waals surface area contributed by atoms with Crippen molar-refractivity contribution in [2.75, 3.05) is 26.7 Å². The van der Waals surface area contributed by atoms with Gasteiger partial charge in [-0.05, 0) is 81.9 Å². The number of ether oxygens (including phenoxy) is 1. The maximum Gasteiger partial charge on any atom is 0.249 e. The third-order valence-corrected chi connectivity index (χ3v) is 8.01. The first-order valence-corrected chi connectivity index (χ1v) is 13.3. The Hall–Kier alpha value is -3.28. The SMILES string of the molecule is COc1ccc2ncc(CN)c([C@H](F)CCC3(C(=O)NO)CCN(CCCc4c(F)cc(F)cc4F)CC3)c2c1. The lowest BCUT2D eigenvalue weighted by Gasteiger charge is -2.40. The van der Waals surface area contributed by atoms with Crippen LogP contribution in [0, 0.1) is 22.9 Å². The fourth-order valence-electron chi connectivity index (χ4n) is 5.64.